The molecule has 0 aliphatic carbocycles. The van der Waals surface area contributed by atoms with E-state index in [0.29, 0.717) is 5.92 Å². The molecule has 1 unspecified atom stereocenters. The lowest BCUT2D eigenvalue weighted by atomic mass is 10.1. The quantitative estimate of drug-likeness (QED) is 0.570. The molecular formula is C10H16N2. The van der Waals surface area contributed by atoms with Gasteiger partial charge in [-0.05, 0) is 30.7 Å². The summed E-state index contributed by atoms with van der Waals surface area (Å²) in [6.07, 6.45) is 8.25. The van der Waals surface area contributed by atoms with Crippen molar-refractivity contribution in [3.8, 4) is 0 Å². The molecule has 0 bridgehead atoms. The highest BCUT2D eigenvalue weighted by atomic mass is 14.8. The van der Waals surface area contributed by atoms with Crippen LogP contribution in [0.5, 0.6) is 0 Å². The lowest BCUT2D eigenvalue weighted by molar-refractivity contribution is 0.902. The first-order valence-corrected chi connectivity index (χ1v) is 4.24. The number of rotatable bonds is 0. The van der Waals surface area contributed by atoms with E-state index in [0.717, 1.165) is 17.8 Å². The minimum atomic E-state index is 0.447. The maximum Gasteiger partial charge on any atom is 0.0348 e. The third kappa shape index (κ3) is 2.46. The summed E-state index contributed by atoms with van der Waals surface area (Å²) in [4.78, 5) is 0. The molecule has 0 fully saturated rings. The van der Waals surface area contributed by atoms with Crippen molar-refractivity contribution in [1.29, 1.82) is 0 Å². The van der Waals surface area contributed by atoms with Crippen molar-refractivity contribution in [2.75, 3.05) is 6.54 Å². The Morgan fingerprint density at radius 1 is 1.58 bits per heavy atom. The smallest absolute Gasteiger partial charge is 0.0348 e. The summed E-state index contributed by atoms with van der Waals surface area (Å²) in [5.41, 5.74) is 7.84. The third-order valence-corrected chi connectivity index (χ3v) is 1.93. The summed E-state index contributed by atoms with van der Waals surface area (Å²) in [7, 11) is 0. The van der Waals surface area contributed by atoms with Crippen LogP contribution in [0.2, 0.25) is 0 Å². The Balaban J connectivity index is 2.84. The van der Waals surface area contributed by atoms with Crippen LogP contribution in [0.15, 0.2) is 35.7 Å². The standard InChI is InChI=1S/C10H16N2/c1-8-3-5-12-6-4-10(11)9(2)7-8/h3-5,7-8,12H,6,11H2,1-2H3/b5-3-,9-7-,10-4+. The third-order valence-electron chi connectivity index (χ3n) is 1.93. The molecule has 1 aliphatic heterocycles. The molecule has 0 saturated heterocycles. The highest BCUT2D eigenvalue weighted by molar-refractivity contribution is 5.28. The maximum atomic E-state index is 5.80. The zero-order chi connectivity index (χ0) is 8.97. The normalized spacial score (nSPS) is 35.7. The summed E-state index contributed by atoms with van der Waals surface area (Å²) >= 11 is 0. The number of hydrogen-bond acceptors (Lipinski definition) is 2. The van der Waals surface area contributed by atoms with Crippen molar-refractivity contribution in [3.05, 3.63) is 35.7 Å². The van der Waals surface area contributed by atoms with E-state index in [1.807, 2.05) is 19.2 Å². The van der Waals surface area contributed by atoms with Gasteiger partial charge in [-0.25, -0.2) is 0 Å². The van der Waals surface area contributed by atoms with E-state index in [4.69, 9.17) is 5.73 Å². The van der Waals surface area contributed by atoms with Gasteiger partial charge in [-0.15, -0.1) is 0 Å². The summed E-state index contributed by atoms with van der Waals surface area (Å²) < 4.78 is 0. The van der Waals surface area contributed by atoms with Crippen LogP contribution in [0.3, 0.4) is 0 Å². The fourth-order valence-corrected chi connectivity index (χ4v) is 1.16. The number of hydrogen-bond donors (Lipinski definition) is 2. The lowest BCUT2D eigenvalue weighted by Crippen LogP contribution is -2.07. The number of nitrogens with one attached hydrogen (secondary N) is 1. The van der Waals surface area contributed by atoms with E-state index in [2.05, 4.69) is 24.4 Å². The molecule has 3 N–H and O–H groups in total. The van der Waals surface area contributed by atoms with E-state index in [-0.39, 0.29) is 0 Å². The highest BCUT2D eigenvalue weighted by Crippen LogP contribution is 2.09. The van der Waals surface area contributed by atoms with Crippen molar-refractivity contribution in [2.24, 2.45) is 11.7 Å². The van der Waals surface area contributed by atoms with E-state index in [1.54, 1.807) is 0 Å². The van der Waals surface area contributed by atoms with Gasteiger partial charge in [0.15, 0.2) is 0 Å². The highest BCUT2D eigenvalue weighted by Gasteiger charge is 1.98. The lowest BCUT2D eigenvalue weighted by Gasteiger charge is -2.02. The molecule has 1 heterocycles. The molecule has 0 aromatic heterocycles. The predicted molar refractivity (Wildman–Crippen MR) is 52.3 cm³/mol. The Hall–Kier alpha value is -1.18. The number of allylic oxidation sites excluding steroid dienone is 3. The molecule has 0 spiro atoms. The van der Waals surface area contributed by atoms with Crippen LogP contribution < -0.4 is 11.1 Å². The topological polar surface area (TPSA) is 38.0 Å². The van der Waals surface area contributed by atoms with E-state index >= 15 is 0 Å². The van der Waals surface area contributed by atoms with Crippen molar-refractivity contribution in [3.63, 3.8) is 0 Å². The van der Waals surface area contributed by atoms with Gasteiger partial charge in [0.05, 0.1) is 0 Å². The van der Waals surface area contributed by atoms with E-state index < -0.39 is 0 Å². The van der Waals surface area contributed by atoms with Crippen LogP contribution in [-0.4, -0.2) is 6.54 Å². The Labute approximate surface area is 73.8 Å². The fraction of sp³-hybridized carbons (Fsp3) is 0.400. The molecule has 0 radical (unpaired) electrons. The second-order valence-electron chi connectivity index (χ2n) is 3.14. The molecule has 1 aliphatic rings. The molecule has 0 amide bonds. The molecule has 0 aromatic rings. The Morgan fingerprint density at radius 2 is 2.33 bits per heavy atom. The molecule has 1 atom stereocenters. The van der Waals surface area contributed by atoms with Gasteiger partial charge in [0.2, 0.25) is 0 Å². The first-order chi connectivity index (χ1) is 5.70. The average Bonchev–Trinajstić information content (AvgIpc) is 2.07. The summed E-state index contributed by atoms with van der Waals surface area (Å²) in [6, 6.07) is 0. The van der Waals surface area contributed by atoms with Crippen molar-refractivity contribution >= 4 is 0 Å². The first kappa shape index (κ1) is 8.91. The van der Waals surface area contributed by atoms with Crippen molar-refractivity contribution in [2.45, 2.75) is 13.8 Å². The van der Waals surface area contributed by atoms with Gasteiger partial charge in [-0.3, -0.25) is 0 Å². The van der Waals surface area contributed by atoms with Gasteiger partial charge >= 0.3 is 0 Å². The molecule has 66 valence electrons. The van der Waals surface area contributed by atoms with E-state index in [9.17, 15) is 0 Å². The van der Waals surface area contributed by atoms with Crippen LogP contribution in [0, 0.1) is 5.92 Å². The van der Waals surface area contributed by atoms with Gasteiger partial charge in [0.25, 0.3) is 0 Å². The Kier molecular flexibility index (Phi) is 2.97. The molecule has 2 heteroatoms. The average molecular weight is 164 g/mol. The monoisotopic (exact) mass is 164 g/mol. The van der Waals surface area contributed by atoms with Crippen molar-refractivity contribution < 1.29 is 0 Å². The molecule has 0 aromatic carbocycles. The zero-order valence-electron chi connectivity index (χ0n) is 7.67. The molecule has 2 nitrogen and oxygen atoms in total. The summed E-state index contributed by atoms with van der Waals surface area (Å²) in [5.74, 6) is 0.447. The first-order valence-electron chi connectivity index (χ1n) is 4.24. The fourth-order valence-electron chi connectivity index (χ4n) is 1.16. The molecule has 0 saturated carbocycles. The molecular weight excluding hydrogens is 148 g/mol. The van der Waals surface area contributed by atoms with Gasteiger partial charge < -0.3 is 11.1 Å². The number of nitrogens with two attached hydrogens (primary N) is 1. The van der Waals surface area contributed by atoms with Gasteiger partial charge in [0.1, 0.15) is 0 Å². The van der Waals surface area contributed by atoms with Gasteiger partial charge in [-0.1, -0.05) is 19.1 Å². The maximum absolute atomic E-state index is 5.80. The second kappa shape index (κ2) is 4.00. The summed E-state index contributed by atoms with van der Waals surface area (Å²) in [5, 5.41) is 3.14. The van der Waals surface area contributed by atoms with Crippen LogP contribution in [0.25, 0.3) is 0 Å². The SMILES string of the molecule is CC1=C/C(C)/C=C\NC/C=C\1N. The minimum Gasteiger partial charge on any atom is -0.399 e. The molecule has 1 rings (SSSR count). The second-order valence-corrected chi connectivity index (χ2v) is 3.14. The van der Waals surface area contributed by atoms with E-state index in [1.165, 1.54) is 0 Å². The summed E-state index contributed by atoms with van der Waals surface area (Å²) in [6.45, 7) is 4.99. The largest absolute Gasteiger partial charge is 0.399 e. The Morgan fingerprint density at radius 3 is 3.08 bits per heavy atom. The van der Waals surface area contributed by atoms with Crippen molar-refractivity contribution in [1.82, 2.24) is 5.32 Å². The van der Waals surface area contributed by atoms with Crippen LogP contribution in [0.4, 0.5) is 0 Å². The zero-order valence-corrected chi connectivity index (χ0v) is 7.67. The predicted octanol–water partition coefficient (Wildman–Crippen LogP) is 1.53. The van der Waals surface area contributed by atoms with Crippen LogP contribution >= 0.6 is 0 Å². The molecule has 12 heavy (non-hydrogen) atoms. The van der Waals surface area contributed by atoms with Gasteiger partial charge in [0, 0.05) is 12.2 Å². The van der Waals surface area contributed by atoms with Crippen LogP contribution in [-0.2, 0) is 0 Å². The van der Waals surface area contributed by atoms with Gasteiger partial charge in [-0.2, -0.15) is 0 Å². The van der Waals surface area contributed by atoms with Crippen LogP contribution in [0.1, 0.15) is 13.8 Å². The Bertz CT molecular complexity index is 236. The minimum absolute atomic E-state index is 0.447.